The molecular formula is C21H27NO4. The first kappa shape index (κ1) is 19.9. The summed E-state index contributed by atoms with van der Waals surface area (Å²) in [5.74, 6) is 0.699. The molecule has 5 heteroatoms. The van der Waals surface area contributed by atoms with Crippen LogP contribution >= 0.6 is 0 Å². The van der Waals surface area contributed by atoms with E-state index in [1.807, 2.05) is 18.2 Å². The van der Waals surface area contributed by atoms with E-state index in [1.54, 1.807) is 43.3 Å². The van der Waals surface area contributed by atoms with Crippen molar-refractivity contribution in [1.82, 2.24) is 5.32 Å². The zero-order chi connectivity index (χ0) is 18.8. The van der Waals surface area contributed by atoms with Crippen LogP contribution in [0.15, 0.2) is 54.6 Å². The van der Waals surface area contributed by atoms with Gasteiger partial charge >= 0.3 is 0 Å². The number of unbranched alkanes of at least 4 members (excludes halogenated alkanes) is 2. The Labute approximate surface area is 154 Å². The quantitative estimate of drug-likeness (QED) is 0.571. The van der Waals surface area contributed by atoms with E-state index in [9.17, 15) is 15.0 Å². The van der Waals surface area contributed by atoms with E-state index in [1.165, 1.54) is 0 Å². The van der Waals surface area contributed by atoms with Gasteiger partial charge in [0.2, 0.25) is 0 Å². The van der Waals surface area contributed by atoms with E-state index in [0.717, 1.165) is 25.0 Å². The Bertz CT molecular complexity index is 655. The Hall–Kier alpha value is -2.37. The van der Waals surface area contributed by atoms with Gasteiger partial charge in [0.1, 0.15) is 11.9 Å². The van der Waals surface area contributed by atoms with Crippen LogP contribution in [0.3, 0.4) is 0 Å². The average Bonchev–Trinajstić information content (AvgIpc) is 2.67. The normalized spacial score (nSPS) is 13.0. The second kappa shape index (κ2) is 10.6. The fraction of sp³-hybridized carbons (Fsp3) is 0.381. The predicted octanol–water partition coefficient (Wildman–Crippen LogP) is 3.08. The lowest BCUT2D eigenvalue weighted by molar-refractivity contribution is 0.0305. The Morgan fingerprint density at radius 2 is 1.69 bits per heavy atom. The molecule has 5 nitrogen and oxygen atoms in total. The van der Waals surface area contributed by atoms with Gasteiger partial charge in [0.05, 0.1) is 12.7 Å². The third-order valence-corrected chi connectivity index (χ3v) is 4.09. The second-order valence-corrected chi connectivity index (χ2v) is 6.29. The summed E-state index contributed by atoms with van der Waals surface area (Å²) in [6.07, 6.45) is 1.09. The lowest BCUT2D eigenvalue weighted by Gasteiger charge is -2.14. The average molecular weight is 357 g/mol. The number of rotatable bonds is 10. The molecule has 0 aliphatic heterocycles. The van der Waals surface area contributed by atoms with Crippen molar-refractivity contribution in [1.29, 1.82) is 0 Å². The fourth-order valence-electron chi connectivity index (χ4n) is 2.53. The molecule has 2 aromatic rings. The van der Waals surface area contributed by atoms with Crippen molar-refractivity contribution in [3.8, 4) is 5.75 Å². The van der Waals surface area contributed by atoms with Crippen LogP contribution in [0.4, 0.5) is 0 Å². The van der Waals surface area contributed by atoms with Crippen molar-refractivity contribution in [2.24, 2.45) is 0 Å². The first-order valence-corrected chi connectivity index (χ1v) is 9.00. The summed E-state index contributed by atoms with van der Waals surface area (Å²) in [6, 6.07) is 16.3. The van der Waals surface area contributed by atoms with Crippen LogP contribution in [0, 0.1) is 0 Å². The number of carbonyl (C=O) groups is 1. The molecule has 3 N–H and O–H groups in total. The van der Waals surface area contributed by atoms with Gasteiger partial charge in [0.15, 0.2) is 0 Å². The monoisotopic (exact) mass is 357 g/mol. The molecule has 0 aromatic heterocycles. The molecule has 2 rings (SSSR count). The Morgan fingerprint density at radius 1 is 1.00 bits per heavy atom. The van der Waals surface area contributed by atoms with Gasteiger partial charge in [0, 0.05) is 12.1 Å². The molecular weight excluding hydrogens is 330 g/mol. The Balaban J connectivity index is 1.57. The first-order valence-electron chi connectivity index (χ1n) is 9.00. The molecule has 0 saturated heterocycles. The summed E-state index contributed by atoms with van der Waals surface area (Å²) >= 11 is 0. The van der Waals surface area contributed by atoms with Gasteiger partial charge in [-0.2, -0.15) is 0 Å². The van der Waals surface area contributed by atoms with Crippen LogP contribution in [0.1, 0.15) is 48.2 Å². The molecule has 2 aromatic carbocycles. The zero-order valence-corrected chi connectivity index (χ0v) is 15.1. The molecule has 0 spiro atoms. The summed E-state index contributed by atoms with van der Waals surface area (Å²) in [7, 11) is 0. The van der Waals surface area contributed by atoms with Crippen molar-refractivity contribution in [3.63, 3.8) is 0 Å². The predicted molar refractivity (Wildman–Crippen MR) is 101 cm³/mol. The SMILES string of the molecule is CC(O)C(O)c1ccc(OCCCCCNC(=O)c2ccccc2)cc1. The third kappa shape index (κ3) is 6.50. The van der Waals surface area contributed by atoms with Crippen LogP contribution in [0.2, 0.25) is 0 Å². The smallest absolute Gasteiger partial charge is 0.251 e. The number of hydrogen-bond acceptors (Lipinski definition) is 4. The van der Waals surface area contributed by atoms with Crippen molar-refractivity contribution < 1.29 is 19.7 Å². The summed E-state index contributed by atoms with van der Waals surface area (Å²) < 4.78 is 5.67. The van der Waals surface area contributed by atoms with E-state index >= 15 is 0 Å². The summed E-state index contributed by atoms with van der Waals surface area (Å²) in [4.78, 5) is 11.9. The molecule has 2 unspecified atom stereocenters. The minimum Gasteiger partial charge on any atom is -0.494 e. The first-order chi connectivity index (χ1) is 12.6. The van der Waals surface area contributed by atoms with Gasteiger partial charge < -0.3 is 20.3 Å². The molecule has 26 heavy (non-hydrogen) atoms. The molecule has 2 atom stereocenters. The molecule has 0 heterocycles. The molecule has 0 aliphatic rings. The van der Waals surface area contributed by atoms with E-state index in [0.29, 0.717) is 24.3 Å². The number of ether oxygens (including phenoxy) is 1. The van der Waals surface area contributed by atoms with Crippen LogP contribution in [-0.2, 0) is 0 Å². The van der Waals surface area contributed by atoms with E-state index in [2.05, 4.69) is 5.32 Å². The molecule has 0 bridgehead atoms. The Kier molecular flexibility index (Phi) is 8.12. The number of amides is 1. The van der Waals surface area contributed by atoms with Crippen molar-refractivity contribution in [2.45, 2.75) is 38.4 Å². The van der Waals surface area contributed by atoms with Gasteiger partial charge in [0.25, 0.3) is 5.91 Å². The van der Waals surface area contributed by atoms with Crippen LogP contribution in [0.25, 0.3) is 0 Å². The topological polar surface area (TPSA) is 78.8 Å². The summed E-state index contributed by atoms with van der Waals surface area (Å²) in [6.45, 7) is 2.81. The lowest BCUT2D eigenvalue weighted by Crippen LogP contribution is -2.24. The maximum Gasteiger partial charge on any atom is 0.251 e. The van der Waals surface area contributed by atoms with Crippen LogP contribution < -0.4 is 10.1 Å². The number of benzene rings is 2. The minimum absolute atomic E-state index is 0.0404. The van der Waals surface area contributed by atoms with E-state index in [4.69, 9.17) is 4.74 Å². The summed E-state index contributed by atoms with van der Waals surface area (Å²) in [5.41, 5.74) is 1.35. The van der Waals surface area contributed by atoms with Crippen molar-refractivity contribution in [3.05, 3.63) is 65.7 Å². The van der Waals surface area contributed by atoms with Gasteiger partial charge in [-0.1, -0.05) is 30.3 Å². The fourth-order valence-corrected chi connectivity index (χ4v) is 2.53. The highest BCUT2D eigenvalue weighted by Crippen LogP contribution is 2.20. The van der Waals surface area contributed by atoms with Gasteiger partial charge in [-0.25, -0.2) is 0 Å². The summed E-state index contributed by atoms with van der Waals surface area (Å²) in [5, 5.41) is 22.1. The van der Waals surface area contributed by atoms with E-state index < -0.39 is 12.2 Å². The zero-order valence-electron chi connectivity index (χ0n) is 15.1. The van der Waals surface area contributed by atoms with Crippen molar-refractivity contribution in [2.75, 3.05) is 13.2 Å². The van der Waals surface area contributed by atoms with Gasteiger partial charge in [-0.3, -0.25) is 4.79 Å². The van der Waals surface area contributed by atoms with Gasteiger partial charge in [-0.15, -0.1) is 0 Å². The number of carbonyl (C=O) groups excluding carboxylic acids is 1. The molecule has 0 aliphatic carbocycles. The standard InChI is InChI=1S/C21H27NO4/c1-16(23)20(24)17-10-12-19(13-11-17)26-15-7-3-6-14-22-21(25)18-8-4-2-5-9-18/h2,4-5,8-13,16,20,23-24H,3,6-7,14-15H2,1H3,(H,22,25). The van der Waals surface area contributed by atoms with Crippen molar-refractivity contribution >= 4 is 5.91 Å². The molecule has 0 fully saturated rings. The van der Waals surface area contributed by atoms with E-state index in [-0.39, 0.29) is 5.91 Å². The number of nitrogens with one attached hydrogen (secondary N) is 1. The highest BCUT2D eigenvalue weighted by Gasteiger charge is 2.13. The molecule has 1 amide bonds. The molecule has 140 valence electrons. The number of hydrogen-bond donors (Lipinski definition) is 3. The highest BCUT2D eigenvalue weighted by atomic mass is 16.5. The number of aliphatic hydroxyl groups is 2. The maximum atomic E-state index is 11.9. The lowest BCUT2D eigenvalue weighted by atomic mass is 10.1. The Morgan fingerprint density at radius 3 is 2.35 bits per heavy atom. The molecule has 0 radical (unpaired) electrons. The maximum absolute atomic E-state index is 11.9. The highest BCUT2D eigenvalue weighted by molar-refractivity contribution is 5.94. The minimum atomic E-state index is -0.879. The third-order valence-electron chi connectivity index (χ3n) is 4.09. The molecule has 0 saturated carbocycles. The largest absolute Gasteiger partial charge is 0.494 e. The van der Waals surface area contributed by atoms with Crippen LogP contribution in [0.5, 0.6) is 5.75 Å². The van der Waals surface area contributed by atoms with Gasteiger partial charge in [-0.05, 0) is 56.0 Å². The van der Waals surface area contributed by atoms with Crippen LogP contribution in [-0.4, -0.2) is 35.4 Å². The second-order valence-electron chi connectivity index (χ2n) is 6.29. The number of aliphatic hydroxyl groups excluding tert-OH is 2.